The van der Waals surface area contributed by atoms with Gasteiger partial charge in [0, 0.05) is 47.1 Å². The molecular weight excluding hydrogens is 627 g/mol. The number of rotatable bonds is 5. The highest BCUT2D eigenvalue weighted by atomic mass is 35.5. The Labute approximate surface area is 260 Å². The van der Waals surface area contributed by atoms with E-state index in [-0.39, 0.29) is 83.1 Å². The maximum Gasteiger partial charge on any atom is 0.416 e. The molecule has 1 saturated carbocycles. The lowest BCUT2D eigenvalue weighted by Gasteiger charge is -2.44. The Balaban J connectivity index is 1.59. The summed E-state index contributed by atoms with van der Waals surface area (Å²) < 4.78 is 82.0. The molecule has 2 aliphatic heterocycles. The summed E-state index contributed by atoms with van der Waals surface area (Å²) >= 11 is 7.23. The van der Waals surface area contributed by atoms with Crippen molar-refractivity contribution in [3.8, 4) is 0 Å². The van der Waals surface area contributed by atoms with Crippen LogP contribution in [0.1, 0.15) is 50.2 Å². The van der Waals surface area contributed by atoms with E-state index < -0.39 is 46.8 Å². The predicted octanol–water partition coefficient (Wildman–Crippen LogP) is 5.97. The van der Waals surface area contributed by atoms with Crippen molar-refractivity contribution in [2.75, 3.05) is 23.7 Å². The van der Waals surface area contributed by atoms with Gasteiger partial charge >= 0.3 is 11.9 Å². The summed E-state index contributed by atoms with van der Waals surface area (Å²) in [7, 11) is 0. The maximum absolute atomic E-state index is 15.4. The Morgan fingerprint density at radius 2 is 1.86 bits per heavy atom. The van der Waals surface area contributed by atoms with Crippen molar-refractivity contribution in [1.82, 2.24) is 14.5 Å². The third-order valence-corrected chi connectivity index (χ3v) is 10.4. The average Bonchev–Trinajstić information content (AvgIpc) is 3.79. The molecule has 44 heavy (non-hydrogen) atoms. The fraction of sp³-hybridized carbons (Fsp3) is 0.567. The number of piperazine rings is 1. The molecule has 3 heterocycles. The average molecular weight is 659 g/mol. The summed E-state index contributed by atoms with van der Waals surface area (Å²) in [6.07, 6.45) is -4.05. The number of alkyl halides is 5. The van der Waals surface area contributed by atoms with Gasteiger partial charge in [0.2, 0.25) is 5.91 Å². The summed E-state index contributed by atoms with van der Waals surface area (Å²) in [6, 6.07) is 0.215. The van der Waals surface area contributed by atoms with Crippen LogP contribution >= 0.6 is 23.4 Å². The van der Waals surface area contributed by atoms with Gasteiger partial charge in [0.25, 0.3) is 0 Å². The molecule has 0 radical (unpaired) electrons. The van der Waals surface area contributed by atoms with Gasteiger partial charge in [-0.1, -0.05) is 6.58 Å². The van der Waals surface area contributed by atoms with Gasteiger partial charge in [-0.05, 0) is 56.9 Å². The Morgan fingerprint density at radius 3 is 2.48 bits per heavy atom. The topological polar surface area (TPSA) is 67.7 Å². The summed E-state index contributed by atoms with van der Waals surface area (Å²) in [4.78, 5) is 34.0. The van der Waals surface area contributed by atoms with E-state index in [0.717, 1.165) is 30.7 Å². The predicted molar refractivity (Wildman–Crippen MR) is 159 cm³/mol. The maximum atomic E-state index is 15.4. The second kappa shape index (κ2) is 11.6. The Morgan fingerprint density at radius 1 is 1.18 bits per heavy atom. The Kier molecular flexibility index (Phi) is 8.28. The van der Waals surface area contributed by atoms with Crippen molar-refractivity contribution in [1.29, 1.82) is 0 Å². The number of aromatic nitrogens is 2. The molecule has 2 aromatic rings. The first-order valence-corrected chi connectivity index (χ1v) is 16.0. The van der Waals surface area contributed by atoms with Gasteiger partial charge in [-0.15, -0.1) is 23.4 Å². The van der Waals surface area contributed by atoms with Crippen LogP contribution in [0.25, 0.3) is 10.9 Å². The fourth-order valence-electron chi connectivity index (χ4n) is 6.67. The van der Waals surface area contributed by atoms with Gasteiger partial charge < -0.3 is 14.5 Å². The molecule has 6 rings (SSSR count). The molecule has 2 fully saturated rings. The first kappa shape index (κ1) is 31.3. The number of amides is 1. The molecular formula is C30H32ClF5N4O3S. The fourth-order valence-corrected chi connectivity index (χ4v) is 8.22. The van der Waals surface area contributed by atoms with Crippen LogP contribution in [0.4, 0.5) is 27.8 Å². The quantitative estimate of drug-likeness (QED) is 0.224. The SMILES string of the molecule is C=CC(=O)N1[C@H](C)CN(c2nc(=O)n3c4c(c(C5CC(Cl)C(F)C=C5F)c(C(F)(F)F)cc24)SC[C@@H](OC2CC2)C3)C[C@@H]1C. The third kappa shape index (κ3) is 5.64. The van der Waals surface area contributed by atoms with E-state index in [1.54, 1.807) is 23.6 Å². The molecule has 7 nitrogen and oxygen atoms in total. The molecule has 6 atom stereocenters. The molecule has 238 valence electrons. The van der Waals surface area contributed by atoms with Crippen LogP contribution in [-0.4, -0.2) is 75.0 Å². The lowest BCUT2D eigenvalue weighted by Crippen LogP contribution is -2.58. The van der Waals surface area contributed by atoms with Gasteiger partial charge in [-0.25, -0.2) is 13.6 Å². The third-order valence-electron chi connectivity index (χ3n) is 8.71. The van der Waals surface area contributed by atoms with E-state index in [2.05, 4.69) is 11.6 Å². The smallest absolute Gasteiger partial charge is 0.372 e. The summed E-state index contributed by atoms with van der Waals surface area (Å²) in [5.41, 5.74) is -1.91. The number of carbonyl (C=O) groups is 1. The van der Waals surface area contributed by atoms with Crippen molar-refractivity contribution >= 4 is 46.0 Å². The summed E-state index contributed by atoms with van der Waals surface area (Å²) in [5, 5.41) is -1.14. The molecule has 3 unspecified atom stereocenters. The van der Waals surface area contributed by atoms with E-state index in [1.165, 1.54) is 10.6 Å². The molecule has 0 N–H and O–H groups in total. The number of carbonyl (C=O) groups excluding carboxylic acids is 1. The zero-order chi connectivity index (χ0) is 31.7. The summed E-state index contributed by atoms with van der Waals surface area (Å²) in [6.45, 7) is 7.65. The van der Waals surface area contributed by atoms with E-state index in [1.807, 2.05) is 0 Å². The number of allylic oxidation sites excluding steroid dienone is 2. The van der Waals surface area contributed by atoms with Gasteiger partial charge in [-0.3, -0.25) is 9.36 Å². The Bertz CT molecular complexity index is 1580. The standard InChI is InChI=1S/C30H32ClF5N4O3S/c1-4-24(41)40-14(2)10-38(11-15(40)3)28-19-7-20(30(34,35)36)25(18-8-21(31)23(33)9-22(18)32)27-26(19)39(29(42)37-28)12-17(13-44-27)43-16-5-6-16/h4,7,9,14-18,21,23H,1,5-6,8,10-13H2,2-3H3/t14-,15+,17-,18?,21?,23?/m0/s1. The largest absolute Gasteiger partial charge is 0.416 e. The number of hydrogen-bond acceptors (Lipinski definition) is 6. The van der Waals surface area contributed by atoms with Crippen molar-refractivity contribution < 1.29 is 31.5 Å². The zero-order valence-electron chi connectivity index (χ0n) is 24.1. The van der Waals surface area contributed by atoms with Crippen molar-refractivity contribution in [3.63, 3.8) is 0 Å². The second-order valence-electron chi connectivity index (χ2n) is 12.0. The molecule has 1 aromatic carbocycles. The van der Waals surface area contributed by atoms with Gasteiger partial charge in [0.15, 0.2) is 0 Å². The molecule has 1 aromatic heterocycles. The molecule has 0 spiro atoms. The highest BCUT2D eigenvalue weighted by molar-refractivity contribution is 7.99. The van der Waals surface area contributed by atoms with E-state index >= 15 is 4.39 Å². The lowest BCUT2D eigenvalue weighted by molar-refractivity contribution is -0.138. The lowest BCUT2D eigenvalue weighted by atomic mass is 9.83. The molecule has 1 saturated heterocycles. The number of nitrogens with zero attached hydrogens (tertiary/aromatic N) is 4. The molecule has 14 heteroatoms. The van der Waals surface area contributed by atoms with Gasteiger partial charge in [-0.2, -0.15) is 18.2 Å². The van der Waals surface area contributed by atoms with Crippen molar-refractivity contribution in [2.45, 2.75) is 92.5 Å². The van der Waals surface area contributed by atoms with Crippen LogP contribution in [0, 0.1) is 0 Å². The normalized spacial score (nSPS) is 29.4. The Hall–Kier alpha value is -2.64. The molecule has 1 amide bonds. The van der Waals surface area contributed by atoms with E-state index in [0.29, 0.717) is 6.08 Å². The second-order valence-corrected chi connectivity index (χ2v) is 13.6. The number of hydrogen-bond donors (Lipinski definition) is 0. The molecule has 2 aliphatic carbocycles. The number of halogens is 6. The van der Waals surface area contributed by atoms with Gasteiger partial charge in [0.1, 0.15) is 17.8 Å². The first-order chi connectivity index (χ1) is 20.8. The van der Waals surface area contributed by atoms with Crippen LogP contribution in [0.15, 0.2) is 40.3 Å². The van der Waals surface area contributed by atoms with Crippen LogP contribution in [-0.2, 0) is 22.3 Å². The molecule has 0 bridgehead atoms. The van der Waals surface area contributed by atoms with E-state index in [4.69, 9.17) is 16.3 Å². The van der Waals surface area contributed by atoms with Crippen LogP contribution < -0.4 is 10.6 Å². The minimum absolute atomic E-state index is 0.0141. The highest BCUT2D eigenvalue weighted by Crippen LogP contribution is 2.51. The monoisotopic (exact) mass is 658 g/mol. The van der Waals surface area contributed by atoms with Crippen molar-refractivity contribution in [2.24, 2.45) is 0 Å². The highest BCUT2D eigenvalue weighted by Gasteiger charge is 2.44. The van der Waals surface area contributed by atoms with Crippen molar-refractivity contribution in [3.05, 3.63) is 52.2 Å². The van der Waals surface area contributed by atoms with E-state index in [9.17, 15) is 27.2 Å². The summed E-state index contributed by atoms with van der Waals surface area (Å²) in [5.74, 6) is -2.47. The van der Waals surface area contributed by atoms with Gasteiger partial charge in [0.05, 0.1) is 35.2 Å². The number of thioether (sulfide) groups is 1. The number of anilines is 1. The zero-order valence-corrected chi connectivity index (χ0v) is 25.7. The minimum Gasteiger partial charge on any atom is -0.372 e. The van der Waals surface area contributed by atoms with Crippen LogP contribution in [0.5, 0.6) is 0 Å². The number of benzene rings is 1. The minimum atomic E-state index is -4.92. The number of ether oxygens (including phenoxy) is 1. The van der Waals surface area contributed by atoms with Crippen LogP contribution in [0.2, 0.25) is 0 Å². The molecule has 4 aliphatic rings. The van der Waals surface area contributed by atoms with Crippen LogP contribution in [0.3, 0.4) is 0 Å². The first-order valence-electron chi connectivity index (χ1n) is 14.6.